The molecule has 0 atom stereocenters. The molecule has 1 heterocycles. The molecule has 0 aliphatic heterocycles. The molecule has 0 unspecified atom stereocenters. The molecule has 2 heteroatoms. The van der Waals surface area contributed by atoms with Gasteiger partial charge in [0.25, 0.3) is 0 Å². The van der Waals surface area contributed by atoms with Crippen LogP contribution in [0.4, 0.5) is 0 Å². The molecule has 1 aromatic rings. The van der Waals surface area contributed by atoms with Crippen molar-refractivity contribution in [2.75, 3.05) is 0 Å². The zero-order valence-electron chi connectivity index (χ0n) is 6.14. The summed E-state index contributed by atoms with van der Waals surface area (Å²) in [5.74, 6) is 0. The van der Waals surface area contributed by atoms with Crippen LogP contribution < -0.4 is 4.06 Å². The van der Waals surface area contributed by atoms with E-state index in [0.717, 1.165) is 0 Å². The molecule has 0 saturated carbocycles. The molecule has 0 amide bonds. The molecule has 0 saturated heterocycles. The summed E-state index contributed by atoms with van der Waals surface area (Å²) in [6.07, 6.45) is 0. The van der Waals surface area contributed by atoms with Crippen molar-refractivity contribution in [3.8, 4) is 0 Å². The molecule has 0 spiro atoms. The van der Waals surface area contributed by atoms with Gasteiger partial charge in [-0.15, -0.1) is 0 Å². The average molecular weight is 203 g/mol. The molecular weight excluding hydrogens is 191 g/mol. The Balaban J connectivity index is 2.90. The van der Waals surface area contributed by atoms with Crippen LogP contribution in [0.1, 0.15) is 0 Å². The summed E-state index contributed by atoms with van der Waals surface area (Å²) >= 11 is 0.713. The van der Waals surface area contributed by atoms with Gasteiger partial charge in [-0.05, 0) is 0 Å². The second-order valence-corrected chi connectivity index (χ2v) is 11.1. The second kappa shape index (κ2) is 2.45. The van der Waals surface area contributed by atoms with Crippen molar-refractivity contribution in [2.45, 2.75) is 19.6 Å². The summed E-state index contributed by atoms with van der Waals surface area (Å²) in [5, 5.41) is 0. The van der Waals surface area contributed by atoms with Crippen LogP contribution in [0.2, 0.25) is 19.6 Å². The topological polar surface area (TPSA) is 0 Å². The summed E-state index contributed by atoms with van der Waals surface area (Å²) in [4.78, 5) is 2.31. The van der Waals surface area contributed by atoms with Crippen molar-refractivity contribution >= 4 is 26.6 Å². The zero-order chi connectivity index (χ0) is 6.91. The normalized spacial score (nSPS) is 11.9. The van der Waals surface area contributed by atoms with Crippen LogP contribution in [0.25, 0.3) is 0 Å². The predicted octanol–water partition coefficient (Wildman–Crippen LogP) is 1.29. The molecule has 0 bridgehead atoms. The number of rotatable bonds is 1. The van der Waals surface area contributed by atoms with E-state index in [0.29, 0.717) is 14.5 Å². The Kier molecular flexibility index (Phi) is 1.99. The SMILES string of the molecule is C[Si](C)(C)c1ccc[se]1. The van der Waals surface area contributed by atoms with E-state index in [2.05, 4.69) is 36.7 Å². The van der Waals surface area contributed by atoms with E-state index >= 15 is 0 Å². The minimum atomic E-state index is -0.898. The Bertz CT molecular complexity index is 171. The van der Waals surface area contributed by atoms with Crippen LogP contribution in [0, 0.1) is 0 Å². The third-order valence-corrected chi connectivity index (χ3v) is 8.81. The van der Waals surface area contributed by atoms with Gasteiger partial charge in [-0.1, -0.05) is 0 Å². The van der Waals surface area contributed by atoms with Crippen LogP contribution >= 0.6 is 0 Å². The Hall–Kier alpha value is 0.216. The molecule has 0 aliphatic rings. The van der Waals surface area contributed by atoms with Crippen molar-refractivity contribution in [3.05, 3.63) is 17.1 Å². The van der Waals surface area contributed by atoms with Gasteiger partial charge in [-0.2, -0.15) is 0 Å². The fraction of sp³-hybridized carbons (Fsp3) is 0.429. The molecule has 1 aromatic heterocycles. The molecule has 0 nitrogen and oxygen atoms in total. The Morgan fingerprint density at radius 1 is 1.33 bits per heavy atom. The van der Waals surface area contributed by atoms with E-state index < -0.39 is 8.07 Å². The average Bonchev–Trinajstić information content (AvgIpc) is 2.08. The molecular formula is C7H12SeSi. The third-order valence-electron chi connectivity index (χ3n) is 1.26. The second-order valence-electron chi connectivity index (χ2n) is 3.23. The van der Waals surface area contributed by atoms with Crippen molar-refractivity contribution in [3.63, 3.8) is 0 Å². The van der Waals surface area contributed by atoms with Crippen LogP contribution in [-0.2, 0) is 0 Å². The minimum absolute atomic E-state index is 0.713. The maximum atomic E-state index is 2.41. The van der Waals surface area contributed by atoms with E-state index in [-0.39, 0.29) is 0 Å². The first-order valence-electron chi connectivity index (χ1n) is 3.15. The van der Waals surface area contributed by atoms with Crippen LogP contribution in [0.5, 0.6) is 0 Å². The summed E-state index contributed by atoms with van der Waals surface area (Å²) < 4.78 is 1.75. The van der Waals surface area contributed by atoms with Gasteiger partial charge in [0.1, 0.15) is 0 Å². The van der Waals surface area contributed by atoms with Crippen molar-refractivity contribution in [1.82, 2.24) is 0 Å². The van der Waals surface area contributed by atoms with E-state index in [1.54, 1.807) is 4.06 Å². The third kappa shape index (κ3) is 1.82. The first-order chi connectivity index (χ1) is 4.11. The van der Waals surface area contributed by atoms with Gasteiger partial charge >= 0.3 is 63.4 Å². The first kappa shape index (κ1) is 7.32. The zero-order valence-corrected chi connectivity index (χ0v) is 8.85. The van der Waals surface area contributed by atoms with Gasteiger partial charge in [0, 0.05) is 0 Å². The summed E-state index contributed by atoms with van der Waals surface area (Å²) in [5.41, 5.74) is 0. The van der Waals surface area contributed by atoms with E-state index in [1.165, 1.54) is 0 Å². The Morgan fingerprint density at radius 2 is 2.00 bits per heavy atom. The monoisotopic (exact) mass is 204 g/mol. The van der Waals surface area contributed by atoms with E-state index in [9.17, 15) is 0 Å². The van der Waals surface area contributed by atoms with Crippen LogP contribution in [0.3, 0.4) is 0 Å². The van der Waals surface area contributed by atoms with Crippen LogP contribution in [-0.4, -0.2) is 22.6 Å². The van der Waals surface area contributed by atoms with Gasteiger partial charge in [-0.25, -0.2) is 0 Å². The molecule has 1 rings (SSSR count). The van der Waals surface area contributed by atoms with Crippen molar-refractivity contribution in [2.24, 2.45) is 0 Å². The van der Waals surface area contributed by atoms with Crippen molar-refractivity contribution in [1.29, 1.82) is 0 Å². The molecule has 50 valence electrons. The number of hydrogen-bond donors (Lipinski definition) is 0. The quantitative estimate of drug-likeness (QED) is 0.603. The van der Waals surface area contributed by atoms with Gasteiger partial charge in [0.05, 0.1) is 0 Å². The summed E-state index contributed by atoms with van der Waals surface area (Å²) in [6.45, 7) is 7.23. The molecule has 0 fully saturated rings. The molecule has 0 aromatic carbocycles. The first-order valence-corrected chi connectivity index (χ1v) is 8.49. The van der Waals surface area contributed by atoms with Gasteiger partial charge < -0.3 is 0 Å². The molecule has 0 N–H and O–H groups in total. The van der Waals surface area contributed by atoms with Gasteiger partial charge in [0.15, 0.2) is 0 Å². The fourth-order valence-corrected chi connectivity index (χ4v) is 5.20. The van der Waals surface area contributed by atoms with E-state index in [1.807, 2.05) is 0 Å². The van der Waals surface area contributed by atoms with Crippen molar-refractivity contribution < 1.29 is 0 Å². The fourth-order valence-electron chi connectivity index (χ4n) is 0.705. The molecule has 0 radical (unpaired) electrons. The standard InChI is InChI=1S/C7H12SeSi/c1-9(2,3)7-5-4-6-8-7/h4-6H,1-3H3. The molecule has 0 aliphatic carbocycles. The summed E-state index contributed by atoms with van der Waals surface area (Å²) in [6, 6.07) is 4.51. The predicted molar refractivity (Wildman–Crippen MR) is 46.4 cm³/mol. The number of hydrogen-bond acceptors (Lipinski definition) is 0. The summed E-state index contributed by atoms with van der Waals surface area (Å²) in [7, 11) is -0.898. The van der Waals surface area contributed by atoms with E-state index in [4.69, 9.17) is 0 Å². The van der Waals surface area contributed by atoms with Gasteiger partial charge in [0.2, 0.25) is 0 Å². The molecule has 9 heavy (non-hydrogen) atoms. The Morgan fingerprint density at radius 3 is 2.22 bits per heavy atom. The maximum absolute atomic E-state index is 2.41. The van der Waals surface area contributed by atoms with Crippen LogP contribution in [0.15, 0.2) is 17.1 Å². The Labute approximate surface area is 63.7 Å². The van der Waals surface area contributed by atoms with Gasteiger partial charge in [-0.3, -0.25) is 0 Å².